The van der Waals surface area contributed by atoms with E-state index in [0.717, 1.165) is 5.76 Å². The standard InChI is InChI=1S/C10H12O3/c1-7(6-10(11)12-3)9-5-4-8(2)13-9/h4-5H,1,6H2,2-3H3. The first-order chi connectivity index (χ1) is 6.13. The number of rotatable bonds is 3. The Bertz CT molecular complexity index is 323. The summed E-state index contributed by atoms with van der Waals surface area (Å²) < 4.78 is 9.79. The molecule has 0 aliphatic rings. The fourth-order valence-electron chi connectivity index (χ4n) is 0.958. The van der Waals surface area contributed by atoms with Gasteiger partial charge < -0.3 is 9.15 Å². The maximum absolute atomic E-state index is 10.9. The minimum absolute atomic E-state index is 0.170. The molecule has 0 spiro atoms. The van der Waals surface area contributed by atoms with Gasteiger partial charge in [-0.2, -0.15) is 0 Å². The van der Waals surface area contributed by atoms with Crippen LogP contribution in [-0.2, 0) is 9.53 Å². The van der Waals surface area contributed by atoms with Crippen molar-refractivity contribution in [3.63, 3.8) is 0 Å². The van der Waals surface area contributed by atoms with Gasteiger partial charge in [-0.1, -0.05) is 6.58 Å². The van der Waals surface area contributed by atoms with Gasteiger partial charge in [0.1, 0.15) is 11.5 Å². The first-order valence-electron chi connectivity index (χ1n) is 3.95. The summed E-state index contributed by atoms with van der Waals surface area (Å²) in [5.41, 5.74) is 0.639. The molecule has 0 saturated heterocycles. The molecule has 1 rings (SSSR count). The Morgan fingerprint density at radius 3 is 2.77 bits per heavy atom. The molecule has 1 aromatic rings. The first kappa shape index (κ1) is 9.58. The molecule has 70 valence electrons. The van der Waals surface area contributed by atoms with Crippen molar-refractivity contribution < 1.29 is 13.9 Å². The average Bonchev–Trinajstić information content (AvgIpc) is 2.51. The van der Waals surface area contributed by atoms with Crippen LogP contribution in [0.4, 0.5) is 0 Å². The van der Waals surface area contributed by atoms with Gasteiger partial charge in [-0.25, -0.2) is 0 Å². The number of furan rings is 1. The van der Waals surface area contributed by atoms with Crippen molar-refractivity contribution in [3.05, 3.63) is 30.2 Å². The van der Waals surface area contributed by atoms with E-state index in [0.29, 0.717) is 11.3 Å². The van der Waals surface area contributed by atoms with Crippen molar-refractivity contribution in [2.24, 2.45) is 0 Å². The Morgan fingerprint density at radius 2 is 2.31 bits per heavy atom. The molecule has 0 aromatic carbocycles. The molecule has 1 aromatic heterocycles. The van der Waals surface area contributed by atoms with Crippen molar-refractivity contribution in [1.82, 2.24) is 0 Å². The van der Waals surface area contributed by atoms with Crippen LogP contribution in [0.1, 0.15) is 17.9 Å². The molecule has 0 amide bonds. The normalized spacial score (nSPS) is 9.69. The van der Waals surface area contributed by atoms with Gasteiger partial charge in [0.15, 0.2) is 0 Å². The van der Waals surface area contributed by atoms with E-state index in [9.17, 15) is 4.79 Å². The molecular formula is C10H12O3. The van der Waals surface area contributed by atoms with E-state index in [-0.39, 0.29) is 12.4 Å². The second kappa shape index (κ2) is 3.94. The van der Waals surface area contributed by atoms with Crippen LogP contribution in [0.15, 0.2) is 23.1 Å². The van der Waals surface area contributed by atoms with Gasteiger partial charge in [0, 0.05) is 0 Å². The zero-order valence-corrected chi connectivity index (χ0v) is 7.79. The van der Waals surface area contributed by atoms with Crippen LogP contribution in [-0.4, -0.2) is 13.1 Å². The second-order valence-electron chi connectivity index (χ2n) is 2.77. The number of methoxy groups -OCH3 is 1. The number of carbonyl (C=O) groups excluding carboxylic acids is 1. The highest BCUT2D eigenvalue weighted by molar-refractivity contribution is 5.83. The smallest absolute Gasteiger partial charge is 0.310 e. The molecule has 0 saturated carbocycles. The minimum atomic E-state index is -0.306. The maximum atomic E-state index is 10.9. The summed E-state index contributed by atoms with van der Waals surface area (Å²) in [7, 11) is 1.35. The Balaban J connectivity index is 2.64. The van der Waals surface area contributed by atoms with Crippen LogP contribution >= 0.6 is 0 Å². The van der Waals surface area contributed by atoms with Crippen molar-refractivity contribution in [2.45, 2.75) is 13.3 Å². The number of hydrogen-bond acceptors (Lipinski definition) is 3. The summed E-state index contributed by atoms with van der Waals surface area (Å²) in [5.74, 6) is 1.14. The zero-order valence-electron chi connectivity index (χ0n) is 7.79. The molecule has 0 N–H and O–H groups in total. The summed E-state index contributed by atoms with van der Waals surface area (Å²) in [6.07, 6.45) is 0.170. The summed E-state index contributed by atoms with van der Waals surface area (Å²) in [6.45, 7) is 5.57. The van der Waals surface area contributed by atoms with Gasteiger partial charge in [-0.15, -0.1) is 0 Å². The van der Waals surface area contributed by atoms with Crippen LogP contribution in [0.2, 0.25) is 0 Å². The average molecular weight is 180 g/mol. The highest BCUT2D eigenvalue weighted by Crippen LogP contribution is 2.18. The van der Waals surface area contributed by atoms with Crippen molar-refractivity contribution in [3.8, 4) is 0 Å². The SMILES string of the molecule is C=C(CC(=O)OC)c1ccc(C)o1. The number of aryl methyl sites for hydroxylation is 1. The molecule has 3 heteroatoms. The third-order valence-corrected chi connectivity index (χ3v) is 1.67. The van der Waals surface area contributed by atoms with E-state index in [2.05, 4.69) is 11.3 Å². The lowest BCUT2D eigenvalue weighted by molar-refractivity contribution is -0.139. The van der Waals surface area contributed by atoms with Gasteiger partial charge in [-0.05, 0) is 24.6 Å². The Hall–Kier alpha value is -1.51. The van der Waals surface area contributed by atoms with E-state index in [4.69, 9.17) is 4.42 Å². The molecule has 1 heterocycles. The van der Waals surface area contributed by atoms with Crippen molar-refractivity contribution in [1.29, 1.82) is 0 Å². The summed E-state index contributed by atoms with van der Waals surface area (Å²) in [6, 6.07) is 3.62. The number of carbonyl (C=O) groups is 1. The van der Waals surface area contributed by atoms with Crippen molar-refractivity contribution >= 4 is 11.5 Å². The molecule has 3 nitrogen and oxygen atoms in total. The monoisotopic (exact) mass is 180 g/mol. The van der Waals surface area contributed by atoms with Gasteiger partial charge in [0.05, 0.1) is 13.5 Å². The Labute approximate surface area is 77.0 Å². The van der Waals surface area contributed by atoms with E-state index in [1.807, 2.05) is 13.0 Å². The van der Waals surface area contributed by atoms with E-state index >= 15 is 0 Å². The molecule has 13 heavy (non-hydrogen) atoms. The number of hydrogen-bond donors (Lipinski definition) is 0. The molecule has 0 radical (unpaired) electrons. The van der Waals surface area contributed by atoms with Crippen molar-refractivity contribution in [2.75, 3.05) is 7.11 Å². The lowest BCUT2D eigenvalue weighted by Gasteiger charge is -1.99. The van der Waals surface area contributed by atoms with Gasteiger partial charge in [0.25, 0.3) is 0 Å². The number of esters is 1. The first-order valence-corrected chi connectivity index (χ1v) is 3.95. The zero-order chi connectivity index (χ0) is 9.84. The Kier molecular flexibility index (Phi) is 2.90. The topological polar surface area (TPSA) is 39.4 Å². The van der Waals surface area contributed by atoms with Crippen LogP contribution in [0.3, 0.4) is 0 Å². The van der Waals surface area contributed by atoms with E-state index < -0.39 is 0 Å². The van der Waals surface area contributed by atoms with E-state index in [1.54, 1.807) is 6.07 Å². The molecule has 0 atom stereocenters. The van der Waals surface area contributed by atoms with Gasteiger partial charge in [0.2, 0.25) is 0 Å². The highest BCUT2D eigenvalue weighted by atomic mass is 16.5. The fraction of sp³-hybridized carbons (Fsp3) is 0.300. The molecule has 0 aliphatic carbocycles. The summed E-state index contributed by atoms with van der Waals surface area (Å²) in [5, 5.41) is 0. The second-order valence-corrected chi connectivity index (χ2v) is 2.77. The van der Waals surface area contributed by atoms with Crippen LogP contribution < -0.4 is 0 Å². The predicted octanol–water partition coefficient (Wildman–Crippen LogP) is 2.16. The third kappa shape index (κ3) is 2.47. The molecule has 0 bridgehead atoms. The van der Waals surface area contributed by atoms with Crippen LogP contribution in [0.5, 0.6) is 0 Å². The molecule has 0 aliphatic heterocycles. The van der Waals surface area contributed by atoms with Crippen LogP contribution in [0, 0.1) is 6.92 Å². The molecule has 0 unspecified atom stereocenters. The lowest BCUT2D eigenvalue weighted by atomic mass is 10.2. The molecular weight excluding hydrogens is 168 g/mol. The number of ether oxygens (including phenoxy) is 1. The van der Waals surface area contributed by atoms with Crippen LogP contribution in [0.25, 0.3) is 5.57 Å². The third-order valence-electron chi connectivity index (χ3n) is 1.67. The molecule has 0 fully saturated rings. The fourth-order valence-corrected chi connectivity index (χ4v) is 0.958. The highest BCUT2D eigenvalue weighted by Gasteiger charge is 2.08. The van der Waals surface area contributed by atoms with E-state index in [1.165, 1.54) is 7.11 Å². The summed E-state index contributed by atoms with van der Waals surface area (Å²) in [4.78, 5) is 10.9. The Morgan fingerprint density at radius 1 is 1.62 bits per heavy atom. The predicted molar refractivity (Wildman–Crippen MR) is 49.1 cm³/mol. The lowest BCUT2D eigenvalue weighted by Crippen LogP contribution is -2.00. The van der Waals surface area contributed by atoms with Gasteiger partial charge in [-0.3, -0.25) is 4.79 Å². The van der Waals surface area contributed by atoms with Gasteiger partial charge >= 0.3 is 5.97 Å². The largest absolute Gasteiger partial charge is 0.469 e. The quantitative estimate of drug-likeness (QED) is 0.669. The maximum Gasteiger partial charge on any atom is 0.310 e. The minimum Gasteiger partial charge on any atom is -0.469 e. The summed E-state index contributed by atoms with van der Waals surface area (Å²) >= 11 is 0.